The van der Waals surface area contributed by atoms with Crippen LogP contribution in [-0.4, -0.2) is 22.7 Å². The van der Waals surface area contributed by atoms with Crippen molar-refractivity contribution in [2.24, 2.45) is 0 Å². The summed E-state index contributed by atoms with van der Waals surface area (Å²) >= 11 is 0. The number of nitrogens with one attached hydrogen (secondary N) is 2. The summed E-state index contributed by atoms with van der Waals surface area (Å²) in [6.45, 7) is 1.32. The van der Waals surface area contributed by atoms with E-state index in [4.69, 9.17) is 5.11 Å². The molecular weight excluding hydrogens is 158 g/mol. The van der Waals surface area contributed by atoms with Crippen molar-refractivity contribution in [3.8, 4) is 0 Å². The Hall–Kier alpha value is -1.52. The summed E-state index contributed by atoms with van der Waals surface area (Å²) < 4.78 is 1.96. The Morgan fingerprint density at radius 2 is 2.50 bits per heavy atom. The zero-order chi connectivity index (χ0) is 8.81. The van der Waals surface area contributed by atoms with Crippen molar-refractivity contribution in [2.45, 2.75) is 13.0 Å². The highest BCUT2D eigenvalue weighted by Gasteiger charge is 1.97. The number of aryl methyl sites for hydroxylation is 1. The molecule has 1 heterocycles. The van der Waals surface area contributed by atoms with Crippen molar-refractivity contribution in [1.29, 1.82) is 0 Å². The first-order valence-corrected chi connectivity index (χ1v) is 3.77. The zero-order valence-electron chi connectivity index (χ0n) is 6.66. The van der Waals surface area contributed by atoms with Crippen LogP contribution in [0.4, 0.5) is 4.79 Å². The molecule has 0 saturated heterocycles. The van der Waals surface area contributed by atoms with Crippen LogP contribution in [0.2, 0.25) is 0 Å². The lowest BCUT2D eigenvalue weighted by Crippen LogP contribution is -2.33. The molecule has 1 rings (SSSR count). The molecule has 1 aromatic heterocycles. The Morgan fingerprint density at radius 3 is 3.08 bits per heavy atom. The van der Waals surface area contributed by atoms with Gasteiger partial charge in [-0.05, 0) is 0 Å². The van der Waals surface area contributed by atoms with Gasteiger partial charge >= 0.3 is 6.09 Å². The average molecular weight is 170 g/mol. The number of H-pyrrole nitrogens is 1. The number of rotatable bonds is 4. The quantitative estimate of drug-likeness (QED) is 0.438. The van der Waals surface area contributed by atoms with E-state index in [-0.39, 0.29) is 0 Å². The van der Waals surface area contributed by atoms with Crippen LogP contribution in [0.5, 0.6) is 0 Å². The highest BCUT2D eigenvalue weighted by Crippen LogP contribution is 1.77. The summed E-state index contributed by atoms with van der Waals surface area (Å²) in [6.07, 6.45) is 5.40. The second-order valence-corrected chi connectivity index (χ2v) is 2.43. The number of hydrogen-bond acceptors (Lipinski definition) is 1. The molecule has 0 saturated carbocycles. The molecular formula is C7H12N3O2+. The zero-order valence-corrected chi connectivity index (χ0v) is 6.66. The van der Waals surface area contributed by atoms with E-state index in [0.29, 0.717) is 6.54 Å². The molecule has 0 radical (unpaired) electrons. The van der Waals surface area contributed by atoms with Gasteiger partial charge in [0.2, 0.25) is 6.33 Å². The summed E-state index contributed by atoms with van der Waals surface area (Å²) in [4.78, 5) is 12.9. The van der Waals surface area contributed by atoms with Crippen LogP contribution in [-0.2, 0) is 6.54 Å². The fourth-order valence-corrected chi connectivity index (χ4v) is 0.917. The Morgan fingerprint density at radius 1 is 1.67 bits per heavy atom. The van der Waals surface area contributed by atoms with E-state index < -0.39 is 6.09 Å². The van der Waals surface area contributed by atoms with Crippen LogP contribution in [0.3, 0.4) is 0 Å². The molecule has 0 bridgehead atoms. The van der Waals surface area contributed by atoms with E-state index in [9.17, 15) is 4.79 Å². The molecule has 0 atom stereocenters. The molecule has 0 aromatic carbocycles. The molecule has 66 valence electrons. The van der Waals surface area contributed by atoms with Gasteiger partial charge in [-0.3, -0.25) is 4.98 Å². The molecule has 12 heavy (non-hydrogen) atoms. The van der Waals surface area contributed by atoms with Gasteiger partial charge in [0.05, 0.1) is 6.54 Å². The number of aromatic nitrogens is 2. The number of carboxylic acid groups (broad SMARTS) is 1. The highest BCUT2D eigenvalue weighted by atomic mass is 16.4. The topological polar surface area (TPSA) is 69.0 Å². The summed E-state index contributed by atoms with van der Waals surface area (Å²) in [5, 5.41) is 10.5. The fourth-order valence-electron chi connectivity index (χ4n) is 0.917. The molecule has 5 heteroatoms. The van der Waals surface area contributed by atoms with Crippen molar-refractivity contribution < 1.29 is 14.5 Å². The standard InChI is InChI=1S/C7H11N3O2/c11-7(12)9-2-1-4-10-5-3-8-6-10/h3,5-6,9H,1-2,4H2,(H,11,12)/p+1. The first kappa shape index (κ1) is 8.58. The van der Waals surface area contributed by atoms with Gasteiger partial charge in [0.15, 0.2) is 0 Å². The lowest BCUT2D eigenvalue weighted by Gasteiger charge is -1.97. The van der Waals surface area contributed by atoms with Crippen LogP contribution in [0, 0.1) is 0 Å². The molecule has 0 unspecified atom stereocenters. The van der Waals surface area contributed by atoms with Crippen molar-refractivity contribution in [3.63, 3.8) is 0 Å². The predicted molar refractivity (Wildman–Crippen MR) is 41.6 cm³/mol. The second-order valence-electron chi connectivity index (χ2n) is 2.43. The Kier molecular flexibility index (Phi) is 3.13. The molecule has 0 fully saturated rings. The first-order chi connectivity index (χ1) is 5.79. The number of hydrogen-bond donors (Lipinski definition) is 3. The van der Waals surface area contributed by atoms with Crippen LogP contribution < -0.4 is 9.88 Å². The SMILES string of the molecule is O=C(O)NCCC[n+]1cc[nH]c1. The van der Waals surface area contributed by atoms with Crippen molar-refractivity contribution in [1.82, 2.24) is 10.3 Å². The number of imidazole rings is 1. The lowest BCUT2D eigenvalue weighted by atomic mass is 10.4. The minimum Gasteiger partial charge on any atom is -0.465 e. The third kappa shape index (κ3) is 3.05. The van der Waals surface area contributed by atoms with E-state index in [0.717, 1.165) is 13.0 Å². The van der Waals surface area contributed by atoms with E-state index in [2.05, 4.69) is 10.3 Å². The molecule has 0 aliphatic carbocycles. The largest absolute Gasteiger partial charge is 0.465 e. The Bertz CT molecular complexity index is 233. The summed E-state index contributed by atoms with van der Waals surface area (Å²) in [5.41, 5.74) is 0. The van der Waals surface area contributed by atoms with Gasteiger partial charge in [-0.2, -0.15) is 0 Å². The highest BCUT2D eigenvalue weighted by molar-refractivity contribution is 5.64. The average Bonchev–Trinajstić information content (AvgIpc) is 2.49. The predicted octanol–water partition coefficient (Wildman–Crippen LogP) is -0.0401. The normalized spacial score (nSPS) is 9.67. The van der Waals surface area contributed by atoms with Crippen molar-refractivity contribution in [2.75, 3.05) is 6.54 Å². The van der Waals surface area contributed by atoms with Gasteiger partial charge in [0.25, 0.3) is 0 Å². The van der Waals surface area contributed by atoms with Gasteiger partial charge < -0.3 is 10.4 Å². The third-order valence-corrected chi connectivity index (χ3v) is 1.47. The van der Waals surface area contributed by atoms with Gasteiger partial charge in [0, 0.05) is 13.0 Å². The van der Waals surface area contributed by atoms with Crippen LogP contribution >= 0.6 is 0 Å². The van der Waals surface area contributed by atoms with Crippen LogP contribution in [0.1, 0.15) is 6.42 Å². The van der Waals surface area contributed by atoms with E-state index >= 15 is 0 Å². The van der Waals surface area contributed by atoms with Crippen LogP contribution in [0.15, 0.2) is 18.7 Å². The smallest absolute Gasteiger partial charge is 0.404 e. The maximum Gasteiger partial charge on any atom is 0.404 e. The van der Waals surface area contributed by atoms with Gasteiger partial charge in [-0.15, -0.1) is 0 Å². The van der Waals surface area contributed by atoms with Gasteiger partial charge in [-0.1, -0.05) is 0 Å². The van der Waals surface area contributed by atoms with E-state index in [1.165, 1.54) is 0 Å². The summed E-state index contributed by atoms with van der Waals surface area (Å²) in [6, 6.07) is 0. The molecule has 5 nitrogen and oxygen atoms in total. The first-order valence-electron chi connectivity index (χ1n) is 3.77. The van der Waals surface area contributed by atoms with Crippen LogP contribution in [0.25, 0.3) is 0 Å². The molecule has 1 aromatic rings. The number of nitrogens with zero attached hydrogens (tertiary/aromatic N) is 1. The molecule has 3 N–H and O–H groups in total. The summed E-state index contributed by atoms with van der Waals surface area (Å²) in [7, 11) is 0. The minimum absolute atomic E-state index is 0.494. The molecule has 1 amide bonds. The lowest BCUT2D eigenvalue weighted by molar-refractivity contribution is -0.695. The third-order valence-electron chi connectivity index (χ3n) is 1.47. The van der Waals surface area contributed by atoms with Crippen molar-refractivity contribution in [3.05, 3.63) is 18.7 Å². The molecule has 0 spiro atoms. The van der Waals surface area contributed by atoms with Gasteiger partial charge in [0.1, 0.15) is 12.4 Å². The Labute approximate surface area is 70.0 Å². The Balaban J connectivity index is 2.07. The second kappa shape index (κ2) is 4.38. The number of aromatic amines is 1. The van der Waals surface area contributed by atoms with E-state index in [1.54, 1.807) is 0 Å². The van der Waals surface area contributed by atoms with E-state index in [1.807, 2.05) is 23.3 Å². The fraction of sp³-hybridized carbons (Fsp3) is 0.429. The maximum atomic E-state index is 10.0. The minimum atomic E-state index is -0.964. The monoisotopic (exact) mass is 170 g/mol. The molecule has 0 aliphatic heterocycles. The molecule has 0 aliphatic rings. The maximum absolute atomic E-state index is 10.0. The van der Waals surface area contributed by atoms with Gasteiger partial charge in [-0.25, -0.2) is 9.36 Å². The number of amides is 1. The number of carbonyl (C=O) groups is 1. The van der Waals surface area contributed by atoms with Crippen molar-refractivity contribution >= 4 is 6.09 Å². The summed E-state index contributed by atoms with van der Waals surface area (Å²) in [5.74, 6) is 0.